The number of pyridine rings is 1. The Labute approximate surface area is 155 Å². The average Bonchev–Trinajstić information content (AvgIpc) is 3.11. The average molecular weight is 369 g/mol. The van der Waals surface area contributed by atoms with Crippen LogP contribution < -0.4 is 0 Å². The molecule has 0 radical (unpaired) electrons. The van der Waals surface area contributed by atoms with Gasteiger partial charge >= 0.3 is 0 Å². The summed E-state index contributed by atoms with van der Waals surface area (Å²) in [7, 11) is 0. The molecule has 0 atom stereocenters. The van der Waals surface area contributed by atoms with E-state index < -0.39 is 0 Å². The first-order valence-corrected chi connectivity index (χ1v) is 8.76. The Morgan fingerprint density at radius 3 is 2.27 bits per heavy atom. The molecular weight excluding hydrogens is 352 g/mol. The highest BCUT2D eigenvalue weighted by molar-refractivity contribution is 6.31. The number of carbonyl (C=O) groups excluding carboxylic acids is 2. The van der Waals surface area contributed by atoms with Crippen LogP contribution in [0.25, 0.3) is 10.9 Å². The van der Waals surface area contributed by atoms with Gasteiger partial charge in [0.15, 0.2) is 0 Å². The second-order valence-corrected chi connectivity index (χ2v) is 6.67. The summed E-state index contributed by atoms with van der Waals surface area (Å²) in [6.45, 7) is 2.04. The fraction of sp³-hybridized carbons (Fsp3) is 0.211. The van der Waals surface area contributed by atoms with Gasteiger partial charge < -0.3 is 14.8 Å². The van der Waals surface area contributed by atoms with Gasteiger partial charge in [-0.1, -0.05) is 11.6 Å². The van der Waals surface area contributed by atoms with Crippen molar-refractivity contribution in [2.24, 2.45) is 0 Å². The number of nitrogens with one attached hydrogen (secondary N) is 1. The zero-order valence-electron chi connectivity index (χ0n) is 14.0. The van der Waals surface area contributed by atoms with Crippen LogP contribution in [0.1, 0.15) is 20.8 Å². The highest BCUT2D eigenvalue weighted by atomic mass is 35.5. The molecular formula is C19H17ClN4O2. The van der Waals surface area contributed by atoms with Crippen molar-refractivity contribution in [1.82, 2.24) is 19.8 Å². The smallest absolute Gasteiger partial charge is 0.270 e. The van der Waals surface area contributed by atoms with Crippen LogP contribution in [0, 0.1) is 0 Å². The third kappa shape index (κ3) is 3.15. The fourth-order valence-corrected chi connectivity index (χ4v) is 3.36. The number of fused-ring (bicyclic) bond motifs is 1. The van der Waals surface area contributed by atoms with Crippen LogP contribution >= 0.6 is 11.6 Å². The van der Waals surface area contributed by atoms with E-state index in [1.165, 1.54) is 0 Å². The van der Waals surface area contributed by atoms with Crippen molar-refractivity contribution in [3.05, 3.63) is 65.1 Å². The van der Waals surface area contributed by atoms with E-state index in [0.29, 0.717) is 42.5 Å². The number of benzene rings is 1. The molecule has 0 bridgehead atoms. The molecule has 0 spiro atoms. The SMILES string of the molecule is O=C(c1ccncc1)N1CCN(C(=O)c2cc3cc(Cl)ccc3[nH]2)CC1. The van der Waals surface area contributed by atoms with E-state index >= 15 is 0 Å². The van der Waals surface area contributed by atoms with E-state index in [1.807, 2.05) is 18.2 Å². The van der Waals surface area contributed by atoms with Gasteiger partial charge in [-0.25, -0.2) is 0 Å². The number of halogens is 1. The first kappa shape index (κ1) is 16.6. The third-order valence-corrected chi connectivity index (χ3v) is 4.83. The lowest BCUT2D eigenvalue weighted by molar-refractivity contribution is 0.0533. The standard InChI is InChI=1S/C19H17ClN4O2/c20-15-1-2-16-14(11-15)12-17(22-16)19(26)24-9-7-23(8-10-24)18(25)13-3-5-21-6-4-13/h1-6,11-12,22H,7-10H2. The van der Waals surface area contributed by atoms with Crippen molar-refractivity contribution in [1.29, 1.82) is 0 Å². The lowest BCUT2D eigenvalue weighted by atomic mass is 10.2. The molecule has 4 rings (SSSR count). The van der Waals surface area contributed by atoms with Gasteiger partial charge in [0.25, 0.3) is 11.8 Å². The number of amides is 2. The van der Waals surface area contributed by atoms with Gasteiger partial charge in [-0.05, 0) is 36.4 Å². The number of aromatic nitrogens is 2. The van der Waals surface area contributed by atoms with Crippen LogP contribution in [0.4, 0.5) is 0 Å². The fourth-order valence-electron chi connectivity index (χ4n) is 3.18. The highest BCUT2D eigenvalue weighted by Gasteiger charge is 2.26. The minimum Gasteiger partial charge on any atom is -0.351 e. The van der Waals surface area contributed by atoms with E-state index in [4.69, 9.17) is 11.6 Å². The number of rotatable bonds is 2. The Balaban J connectivity index is 1.43. The Morgan fingerprint density at radius 1 is 0.923 bits per heavy atom. The first-order valence-electron chi connectivity index (χ1n) is 8.39. The zero-order valence-corrected chi connectivity index (χ0v) is 14.7. The largest absolute Gasteiger partial charge is 0.351 e. The molecule has 7 heteroatoms. The molecule has 1 aliphatic heterocycles. The summed E-state index contributed by atoms with van der Waals surface area (Å²) < 4.78 is 0. The van der Waals surface area contributed by atoms with Crippen LogP contribution in [-0.4, -0.2) is 57.8 Å². The molecule has 0 unspecified atom stereocenters. The van der Waals surface area contributed by atoms with Crippen LogP contribution in [0.15, 0.2) is 48.8 Å². The molecule has 26 heavy (non-hydrogen) atoms. The van der Waals surface area contributed by atoms with Gasteiger partial charge in [-0.15, -0.1) is 0 Å². The second-order valence-electron chi connectivity index (χ2n) is 6.23. The maximum Gasteiger partial charge on any atom is 0.270 e. The minimum atomic E-state index is -0.0617. The monoisotopic (exact) mass is 368 g/mol. The van der Waals surface area contributed by atoms with Crippen molar-refractivity contribution >= 4 is 34.3 Å². The molecule has 1 saturated heterocycles. The molecule has 1 N–H and O–H groups in total. The van der Waals surface area contributed by atoms with E-state index in [-0.39, 0.29) is 11.8 Å². The predicted molar refractivity (Wildman–Crippen MR) is 99.4 cm³/mol. The van der Waals surface area contributed by atoms with Crippen LogP contribution in [0.3, 0.4) is 0 Å². The van der Waals surface area contributed by atoms with Crippen molar-refractivity contribution in [3.8, 4) is 0 Å². The molecule has 1 aliphatic rings. The van der Waals surface area contributed by atoms with E-state index in [0.717, 1.165) is 10.9 Å². The maximum atomic E-state index is 12.8. The lowest BCUT2D eigenvalue weighted by Crippen LogP contribution is -2.50. The Hall–Kier alpha value is -2.86. The summed E-state index contributed by atoms with van der Waals surface area (Å²) in [6, 6.07) is 10.7. The summed E-state index contributed by atoms with van der Waals surface area (Å²) in [5.74, 6) is -0.0897. The van der Waals surface area contributed by atoms with Crippen LogP contribution in [0.5, 0.6) is 0 Å². The van der Waals surface area contributed by atoms with E-state index in [2.05, 4.69) is 9.97 Å². The van der Waals surface area contributed by atoms with Crippen LogP contribution in [0.2, 0.25) is 5.02 Å². The zero-order chi connectivity index (χ0) is 18.1. The molecule has 132 valence electrons. The van der Waals surface area contributed by atoms with Gasteiger partial charge in [0.2, 0.25) is 0 Å². The van der Waals surface area contributed by atoms with Gasteiger partial charge in [0.05, 0.1) is 0 Å². The normalized spacial score (nSPS) is 14.7. The minimum absolute atomic E-state index is 0.0280. The van der Waals surface area contributed by atoms with Gasteiger partial charge in [0, 0.05) is 60.1 Å². The molecule has 2 aromatic heterocycles. The van der Waals surface area contributed by atoms with E-state index in [9.17, 15) is 9.59 Å². The summed E-state index contributed by atoms with van der Waals surface area (Å²) in [5.41, 5.74) is 2.03. The third-order valence-electron chi connectivity index (χ3n) is 4.59. The number of hydrogen-bond donors (Lipinski definition) is 1. The topological polar surface area (TPSA) is 69.3 Å². The summed E-state index contributed by atoms with van der Waals surface area (Å²) >= 11 is 6.00. The summed E-state index contributed by atoms with van der Waals surface area (Å²) in [6.07, 6.45) is 3.21. The van der Waals surface area contributed by atoms with Crippen molar-refractivity contribution < 1.29 is 9.59 Å². The molecule has 6 nitrogen and oxygen atoms in total. The predicted octanol–water partition coefficient (Wildman–Crippen LogP) is 2.81. The number of aromatic amines is 1. The molecule has 3 aromatic rings. The number of hydrogen-bond acceptors (Lipinski definition) is 3. The molecule has 0 saturated carbocycles. The van der Waals surface area contributed by atoms with Crippen molar-refractivity contribution in [3.63, 3.8) is 0 Å². The van der Waals surface area contributed by atoms with Crippen molar-refractivity contribution in [2.75, 3.05) is 26.2 Å². The summed E-state index contributed by atoms with van der Waals surface area (Å²) in [5, 5.41) is 1.55. The Kier molecular flexibility index (Phi) is 4.34. The molecule has 1 aromatic carbocycles. The molecule has 1 fully saturated rings. The second kappa shape index (κ2) is 6.80. The maximum absolute atomic E-state index is 12.8. The highest BCUT2D eigenvalue weighted by Crippen LogP contribution is 2.21. The van der Waals surface area contributed by atoms with Crippen molar-refractivity contribution in [2.45, 2.75) is 0 Å². The summed E-state index contributed by atoms with van der Waals surface area (Å²) in [4.78, 5) is 35.8. The van der Waals surface area contributed by atoms with Crippen LogP contribution in [-0.2, 0) is 0 Å². The number of nitrogens with zero attached hydrogens (tertiary/aromatic N) is 3. The van der Waals surface area contributed by atoms with Gasteiger partial charge in [0.1, 0.15) is 5.69 Å². The van der Waals surface area contributed by atoms with E-state index in [1.54, 1.807) is 40.4 Å². The lowest BCUT2D eigenvalue weighted by Gasteiger charge is -2.34. The number of carbonyl (C=O) groups is 2. The number of piperazine rings is 1. The molecule has 0 aliphatic carbocycles. The quantitative estimate of drug-likeness (QED) is 0.756. The Bertz CT molecular complexity index is 962. The Morgan fingerprint density at radius 2 is 1.58 bits per heavy atom. The van der Waals surface area contributed by atoms with Gasteiger partial charge in [-0.3, -0.25) is 14.6 Å². The first-order chi connectivity index (χ1) is 12.6. The molecule has 3 heterocycles. The van der Waals surface area contributed by atoms with Gasteiger partial charge in [-0.2, -0.15) is 0 Å². The number of H-pyrrole nitrogens is 1. The molecule has 2 amide bonds.